The van der Waals surface area contributed by atoms with Crippen LogP contribution in [0.1, 0.15) is 39.0 Å². The van der Waals surface area contributed by atoms with Crippen molar-refractivity contribution in [3.8, 4) is 0 Å². The average molecular weight is 348 g/mol. The van der Waals surface area contributed by atoms with Gasteiger partial charge < -0.3 is 10.2 Å². The lowest BCUT2D eigenvalue weighted by Gasteiger charge is -2.50. The highest BCUT2D eigenvalue weighted by molar-refractivity contribution is 5.85. The van der Waals surface area contributed by atoms with Crippen LogP contribution in [0.3, 0.4) is 0 Å². The third-order valence-electron chi connectivity index (χ3n) is 4.62. The largest absolute Gasteiger partial charge is 0.478 e. The molecule has 3 nitrogen and oxygen atoms in total. The molecule has 0 aromatic heterocycles. The van der Waals surface area contributed by atoms with Crippen molar-refractivity contribution in [1.82, 2.24) is 0 Å². The summed E-state index contributed by atoms with van der Waals surface area (Å²) >= 11 is 0. The van der Waals surface area contributed by atoms with Crippen LogP contribution in [-0.4, -0.2) is 34.1 Å². The lowest BCUT2D eigenvalue weighted by Crippen LogP contribution is -2.65. The molecule has 1 rings (SSSR count). The summed E-state index contributed by atoms with van der Waals surface area (Å²) in [5.74, 6) is -3.68. The van der Waals surface area contributed by atoms with Crippen molar-refractivity contribution in [2.45, 2.75) is 57.0 Å². The number of hydrogen-bond donors (Lipinski definition) is 2. The molecule has 0 spiro atoms. The second-order valence-corrected chi connectivity index (χ2v) is 6.30. The standard InChI is InChI=1S/C14H18F6O3/c1-8(10(21)22)7-11(2)6-4-3-5-9(11)12(23,13(15,16)17)14(18,19)20/h9,23H,1,3-7H2,2H3,(H,21,22). The first kappa shape index (κ1) is 19.8. The number of carboxylic acid groups (broad SMARTS) is 1. The highest BCUT2D eigenvalue weighted by Crippen LogP contribution is 2.58. The van der Waals surface area contributed by atoms with E-state index in [1.807, 2.05) is 0 Å². The zero-order valence-corrected chi connectivity index (χ0v) is 12.4. The van der Waals surface area contributed by atoms with Crippen molar-refractivity contribution in [2.24, 2.45) is 11.3 Å². The van der Waals surface area contributed by atoms with Gasteiger partial charge in [-0.2, -0.15) is 26.3 Å². The molecular weight excluding hydrogens is 330 g/mol. The molecule has 1 aliphatic rings. The molecule has 9 heteroatoms. The Morgan fingerprint density at radius 3 is 2.04 bits per heavy atom. The van der Waals surface area contributed by atoms with E-state index in [-0.39, 0.29) is 12.8 Å². The Balaban J connectivity index is 3.37. The van der Waals surface area contributed by atoms with E-state index in [2.05, 4.69) is 6.58 Å². The number of carbonyl (C=O) groups is 1. The smallest absolute Gasteiger partial charge is 0.426 e. The van der Waals surface area contributed by atoms with E-state index in [4.69, 9.17) is 5.11 Å². The van der Waals surface area contributed by atoms with Crippen LogP contribution in [0.4, 0.5) is 26.3 Å². The predicted molar refractivity (Wildman–Crippen MR) is 68.5 cm³/mol. The third kappa shape index (κ3) is 3.49. The number of rotatable bonds is 4. The van der Waals surface area contributed by atoms with Gasteiger partial charge in [-0.3, -0.25) is 0 Å². The predicted octanol–water partition coefficient (Wildman–Crippen LogP) is 4.07. The molecule has 23 heavy (non-hydrogen) atoms. The summed E-state index contributed by atoms with van der Waals surface area (Å²) in [6.07, 6.45) is -12.5. The Morgan fingerprint density at radius 1 is 1.17 bits per heavy atom. The van der Waals surface area contributed by atoms with Crippen molar-refractivity contribution >= 4 is 5.97 Å². The van der Waals surface area contributed by atoms with Crippen LogP contribution in [0.2, 0.25) is 0 Å². The molecule has 0 radical (unpaired) electrons. The maximum Gasteiger partial charge on any atom is 0.426 e. The van der Waals surface area contributed by atoms with Crippen molar-refractivity contribution in [1.29, 1.82) is 0 Å². The Hall–Kier alpha value is -1.25. The molecule has 0 amide bonds. The SMILES string of the molecule is C=C(CC1(C)CCCCC1C(O)(C(F)(F)F)C(F)(F)F)C(=O)O. The molecule has 0 aliphatic heterocycles. The number of alkyl halides is 6. The maximum atomic E-state index is 13.1. The van der Waals surface area contributed by atoms with Crippen LogP contribution in [0.25, 0.3) is 0 Å². The van der Waals surface area contributed by atoms with Gasteiger partial charge in [0.1, 0.15) is 0 Å². The average Bonchev–Trinajstić information content (AvgIpc) is 2.35. The zero-order valence-electron chi connectivity index (χ0n) is 12.4. The van der Waals surface area contributed by atoms with E-state index in [0.29, 0.717) is 6.42 Å². The highest BCUT2D eigenvalue weighted by atomic mass is 19.4. The molecule has 0 aromatic carbocycles. The van der Waals surface area contributed by atoms with Gasteiger partial charge in [-0.1, -0.05) is 26.3 Å². The van der Waals surface area contributed by atoms with Gasteiger partial charge in [-0.25, -0.2) is 4.79 Å². The van der Waals surface area contributed by atoms with Crippen LogP contribution in [0.15, 0.2) is 12.2 Å². The van der Waals surface area contributed by atoms with Crippen molar-refractivity contribution in [3.63, 3.8) is 0 Å². The van der Waals surface area contributed by atoms with Gasteiger partial charge in [0.15, 0.2) is 0 Å². The molecule has 2 atom stereocenters. The van der Waals surface area contributed by atoms with Gasteiger partial charge in [-0.05, 0) is 24.7 Å². The Labute approximate surface area is 129 Å². The first-order valence-corrected chi connectivity index (χ1v) is 6.94. The number of halogens is 6. The molecule has 2 unspecified atom stereocenters. The normalized spacial score (nSPS) is 26.9. The summed E-state index contributed by atoms with van der Waals surface area (Å²) in [7, 11) is 0. The van der Waals surface area contributed by atoms with E-state index < -0.39 is 53.7 Å². The minimum atomic E-state index is -5.92. The summed E-state index contributed by atoms with van der Waals surface area (Å²) in [4.78, 5) is 10.9. The molecule has 1 saturated carbocycles. The quantitative estimate of drug-likeness (QED) is 0.595. The number of carboxylic acids is 1. The lowest BCUT2D eigenvalue weighted by atomic mass is 9.58. The van der Waals surface area contributed by atoms with Crippen molar-refractivity contribution in [3.05, 3.63) is 12.2 Å². The minimum absolute atomic E-state index is 0.0571. The summed E-state index contributed by atoms with van der Waals surface area (Å²) in [5, 5.41) is 18.5. The van der Waals surface area contributed by atoms with Gasteiger partial charge in [0.2, 0.25) is 0 Å². The molecule has 134 valence electrons. The van der Waals surface area contributed by atoms with Gasteiger partial charge in [-0.15, -0.1) is 0 Å². The third-order valence-corrected chi connectivity index (χ3v) is 4.62. The second kappa shape index (κ2) is 5.99. The van der Waals surface area contributed by atoms with E-state index in [0.717, 1.165) is 6.92 Å². The molecule has 2 N–H and O–H groups in total. The molecule has 0 heterocycles. The number of hydrogen-bond acceptors (Lipinski definition) is 2. The zero-order chi connectivity index (χ0) is 18.3. The van der Waals surface area contributed by atoms with Crippen LogP contribution in [0.5, 0.6) is 0 Å². The van der Waals surface area contributed by atoms with Gasteiger partial charge in [0.05, 0.1) is 0 Å². The highest BCUT2D eigenvalue weighted by Gasteiger charge is 2.75. The first-order valence-electron chi connectivity index (χ1n) is 6.94. The van der Waals surface area contributed by atoms with E-state index >= 15 is 0 Å². The summed E-state index contributed by atoms with van der Waals surface area (Å²) in [6, 6.07) is 0. The summed E-state index contributed by atoms with van der Waals surface area (Å²) in [6.45, 7) is 4.34. The molecular formula is C14H18F6O3. The monoisotopic (exact) mass is 348 g/mol. The molecule has 0 aromatic rings. The summed E-state index contributed by atoms with van der Waals surface area (Å²) in [5.41, 5.74) is -7.03. The Morgan fingerprint density at radius 2 is 1.65 bits per heavy atom. The number of aliphatic hydroxyl groups is 1. The van der Waals surface area contributed by atoms with Crippen LogP contribution in [0, 0.1) is 11.3 Å². The fraction of sp³-hybridized carbons (Fsp3) is 0.786. The first-order chi connectivity index (χ1) is 10.2. The van der Waals surface area contributed by atoms with Crippen molar-refractivity contribution in [2.75, 3.05) is 0 Å². The van der Waals surface area contributed by atoms with Crippen LogP contribution in [-0.2, 0) is 4.79 Å². The minimum Gasteiger partial charge on any atom is -0.478 e. The summed E-state index contributed by atoms with van der Waals surface area (Å²) < 4.78 is 78.7. The van der Waals surface area contributed by atoms with Crippen LogP contribution < -0.4 is 0 Å². The van der Waals surface area contributed by atoms with Gasteiger partial charge in [0.25, 0.3) is 5.60 Å². The van der Waals surface area contributed by atoms with E-state index in [9.17, 15) is 36.2 Å². The lowest BCUT2D eigenvalue weighted by molar-refractivity contribution is -0.396. The van der Waals surface area contributed by atoms with Crippen molar-refractivity contribution < 1.29 is 41.4 Å². The van der Waals surface area contributed by atoms with Crippen LogP contribution >= 0.6 is 0 Å². The Kier molecular flexibility index (Phi) is 5.16. The maximum absolute atomic E-state index is 13.1. The Bertz CT molecular complexity index is 468. The van der Waals surface area contributed by atoms with E-state index in [1.54, 1.807) is 0 Å². The van der Waals surface area contributed by atoms with E-state index in [1.165, 1.54) is 0 Å². The van der Waals surface area contributed by atoms with Gasteiger partial charge >= 0.3 is 18.3 Å². The fourth-order valence-corrected chi connectivity index (χ4v) is 3.44. The molecule has 0 bridgehead atoms. The molecule has 1 fully saturated rings. The topological polar surface area (TPSA) is 57.5 Å². The number of aliphatic carboxylic acids is 1. The second-order valence-electron chi connectivity index (χ2n) is 6.30. The van der Waals surface area contributed by atoms with Gasteiger partial charge in [0, 0.05) is 11.5 Å². The fourth-order valence-electron chi connectivity index (χ4n) is 3.44. The molecule has 0 saturated heterocycles. The molecule has 1 aliphatic carbocycles.